The third-order valence-electron chi connectivity index (χ3n) is 5.19. The van der Waals surface area contributed by atoms with Gasteiger partial charge in [-0.2, -0.15) is 0 Å². The Hall–Kier alpha value is -1.56. The van der Waals surface area contributed by atoms with Gasteiger partial charge in [-0.15, -0.1) is 46.3 Å². The Balaban J connectivity index is 1.71. The maximum Gasteiger partial charge on any atom is 0.276 e. The highest BCUT2D eigenvalue weighted by Crippen LogP contribution is 2.46. The number of aromatic nitrogens is 1. The van der Waals surface area contributed by atoms with E-state index in [-0.39, 0.29) is 45.2 Å². The molecule has 2 fully saturated rings. The van der Waals surface area contributed by atoms with Crippen LogP contribution in [0, 0.1) is 5.41 Å². The van der Waals surface area contributed by atoms with Crippen LogP contribution in [0.5, 0.6) is 0 Å². The van der Waals surface area contributed by atoms with E-state index in [9.17, 15) is 14.4 Å². The number of fused-ring (bicyclic) bond motifs is 1. The van der Waals surface area contributed by atoms with Gasteiger partial charge in [-0.25, -0.2) is 4.98 Å². The molecule has 3 heterocycles. The van der Waals surface area contributed by atoms with Crippen LogP contribution in [0.2, 0.25) is 0 Å². The predicted octanol–water partition coefficient (Wildman–Crippen LogP) is 1.70. The van der Waals surface area contributed by atoms with Crippen molar-refractivity contribution in [1.29, 1.82) is 0 Å². The topological polar surface area (TPSA) is 113 Å². The fourth-order valence-corrected chi connectivity index (χ4v) is 6.11. The standard InChI is InChI=1S/C17H21Cl2N5O4S2/c1-8-17(2,6-19)7-30-15-12(14(27)24(8)15)22-13(26)11(23-28-3)9-5-29-16(20-9)21-10(25)4-18/h5,8,12,15H,4,6-7H2,1-3H3,(H,22,26)(H,20,21,25)/b23-11-. The van der Waals surface area contributed by atoms with Gasteiger partial charge in [-0.3, -0.25) is 14.4 Å². The number of thiazole rings is 1. The average Bonchev–Trinajstić information content (AvgIpc) is 3.19. The van der Waals surface area contributed by atoms with Crippen molar-refractivity contribution >= 4 is 74.9 Å². The van der Waals surface area contributed by atoms with Gasteiger partial charge >= 0.3 is 0 Å². The number of halogens is 2. The van der Waals surface area contributed by atoms with Gasteiger partial charge in [0.1, 0.15) is 30.1 Å². The van der Waals surface area contributed by atoms with Crippen molar-refractivity contribution < 1.29 is 19.2 Å². The molecular weight excluding hydrogens is 473 g/mol. The normalized spacial score (nSPS) is 28.4. The smallest absolute Gasteiger partial charge is 0.276 e. The number of nitrogens with zero attached hydrogens (tertiary/aromatic N) is 3. The summed E-state index contributed by atoms with van der Waals surface area (Å²) in [6.45, 7) is 4.04. The molecule has 4 atom stereocenters. The number of nitrogens with one attached hydrogen (secondary N) is 2. The van der Waals surface area contributed by atoms with Crippen LogP contribution in [-0.4, -0.2) is 75.4 Å². The fourth-order valence-electron chi connectivity index (χ4n) is 3.19. The minimum absolute atomic E-state index is 0.0272. The van der Waals surface area contributed by atoms with Crippen LogP contribution in [-0.2, 0) is 19.2 Å². The molecule has 2 saturated heterocycles. The lowest BCUT2D eigenvalue weighted by Crippen LogP contribution is -2.76. The van der Waals surface area contributed by atoms with Gasteiger partial charge in [0.05, 0.1) is 0 Å². The molecule has 2 aliphatic rings. The summed E-state index contributed by atoms with van der Waals surface area (Å²) in [6, 6.07) is -0.693. The second-order valence-electron chi connectivity index (χ2n) is 7.20. The largest absolute Gasteiger partial charge is 0.398 e. The molecule has 1 aromatic rings. The summed E-state index contributed by atoms with van der Waals surface area (Å²) in [4.78, 5) is 47.7. The van der Waals surface area contributed by atoms with Crippen molar-refractivity contribution in [2.75, 3.05) is 29.9 Å². The molecule has 3 rings (SSSR count). The lowest BCUT2D eigenvalue weighted by atomic mass is 9.83. The first-order chi connectivity index (χ1) is 14.3. The number of amides is 3. The second-order valence-corrected chi connectivity index (χ2v) is 9.70. The molecule has 2 N–H and O–H groups in total. The van der Waals surface area contributed by atoms with Crippen LogP contribution >= 0.6 is 46.3 Å². The number of thioether (sulfide) groups is 1. The van der Waals surface area contributed by atoms with Crippen LogP contribution in [0.4, 0.5) is 5.13 Å². The summed E-state index contributed by atoms with van der Waals surface area (Å²) in [6.07, 6.45) is 0. The molecular formula is C17H21Cl2N5O4S2. The number of carbonyl (C=O) groups is 3. The summed E-state index contributed by atoms with van der Waals surface area (Å²) >= 11 is 14.3. The molecule has 30 heavy (non-hydrogen) atoms. The van der Waals surface area contributed by atoms with E-state index in [1.165, 1.54) is 7.11 Å². The first-order valence-electron chi connectivity index (χ1n) is 8.99. The lowest BCUT2D eigenvalue weighted by molar-refractivity contribution is -0.154. The molecule has 0 radical (unpaired) electrons. The highest BCUT2D eigenvalue weighted by atomic mass is 35.5. The van der Waals surface area contributed by atoms with E-state index in [1.807, 2.05) is 6.92 Å². The van der Waals surface area contributed by atoms with Gasteiger partial charge in [0.25, 0.3) is 5.91 Å². The first kappa shape index (κ1) is 23.1. The zero-order valence-electron chi connectivity index (χ0n) is 16.5. The molecule has 0 aliphatic carbocycles. The number of rotatable bonds is 7. The number of carbonyl (C=O) groups excluding carboxylic acids is 3. The zero-order valence-corrected chi connectivity index (χ0v) is 19.6. The SMILES string of the molecule is CO/N=C(\C(=O)NC1C(=O)N2C1SCC(C)(CCl)C2C)c1csc(NC(=O)CCl)n1. The quantitative estimate of drug-likeness (QED) is 0.258. The second kappa shape index (κ2) is 9.29. The van der Waals surface area contributed by atoms with Crippen molar-refractivity contribution in [2.24, 2.45) is 10.6 Å². The zero-order chi connectivity index (χ0) is 22.1. The molecule has 1 aromatic heterocycles. The Bertz CT molecular complexity index is 882. The minimum Gasteiger partial charge on any atom is -0.398 e. The predicted molar refractivity (Wildman–Crippen MR) is 118 cm³/mol. The van der Waals surface area contributed by atoms with Crippen LogP contribution < -0.4 is 10.6 Å². The van der Waals surface area contributed by atoms with Crippen LogP contribution in [0.25, 0.3) is 0 Å². The van der Waals surface area contributed by atoms with Crippen LogP contribution in [0.15, 0.2) is 10.5 Å². The van der Waals surface area contributed by atoms with Gasteiger partial charge in [-0.05, 0) is 6.92 Å². The summed E-state index contributed by atoms with van der Waals surface area (Å²) in [7, 11) is 1.30. The summed E-state index contributed by atoms with van der Waals surface area (Å²) in [5, 5.41) is 10.7. The maximum atomic E-state index is 12.8. The molecule has 164 valence electrons. The van der Waals surface area contributed by atoms with Gasteiger partial charge < -0.3 is 20.4 Å². The van der Waals surface area contributed by atoms with Crippen LogP contribution in [0.3, 0.4) is 0 Å². The molecule has 4 unspecified atom stereocenters. The summed E-state index contributed by atoms with van der Waals surface area (Å²) in [5.74, 6) is -0.142. The van der Waals surface area contributed by atoms with E-state index in [0.717, 1.165) is 17.1 Å². The molecule has 13 heteroatoms. The average molecular weight is 494 g/mol. The van der Waals surface area contributed by atoms with Crippen molar-refractivity contribution in [3.05, 3.63) is 11.1 Å². The highest BCUT2D eigenvalue weighted by Gasteiger charge is 2.57. The number of oxime groups is 1. The molecule has 2 aliphatic heterocycles. The van der Waals surface area contributed by atoms with E-state index in [2.05, 4.69) is 27.7 Å². The van der Waals surface area contributed by atoms with Crippen molar-refractivity contribution in [2.45, 2.75) is 31.3 Å². The van der Waals surface area contributed by atoms with Crippen molar-refractivity contribution in [3.8, 4) is 0 Å². The van der Waals surface area contributed by atoms with E-state index >= 15 is 0 Å². The number of anilines is 1. The Morgan fingerprint density at radius 2 is 2.20 bits per heavy atom. The number of hydrogen-bond donors (Lipinski definition) is 2. The van der Waals surface area contributed by atoms with E-state index in [1.54, 1.807) is 22.0 Å². The Morgan fingerprint density at radius 1 is 1.47 bits per heavy atom. The highest BCUT2D eigenvalue weighted by molar-refractivity contribution is 8.00. The Kier molecular flexibility index (Phi) is 7.16. The fraction of sp³-hybridized carbons (Fsp3) is 0.588. The van der Waals surface area contributed by atoms with Gasteiger partial charge in [-0.1, -0.05) is 12.1 Å². The molecule has 0 aromatic carbocycles. The Labute approximate surface area is 191 Å². The monoisotopic (exact) mass is 493 g/mol. The first-order valence-corrected chi connectivity index (χ1v) is 12.0. The molecule has 3 amide bonds. The summed E-state index contributed by atoms with van der Waals surface area (Å²) < 4.78 is 0. The van der Waals surface area contributed by atoms with Crippen molar-refractivity contribution in [3.63, 3.8) is 0 Å². The lowest BCUT2D eigenvalue weighted by Gasteiger charge is -2.58. The van der Waals surface area contributed by atoms with E-state index < -0.39 is 17.9 Å². The maximum absolute atomic E-state index is 12.8. The molecule has 0 spiro atoms. The van der Waals surface area contributed by atoms with Gasteiger partial charge in [0.15, 0.2) is 10.8 Å². The number of hydrogen-bond acceptors (Lipinski definition) is 8. The third kappa shape index (κ3) is 4.25. The van der Waals surface area contributed by atoms with E-state index in [4.69, 9.17) is 28.0 Å². The van der Waals surface area contributed by atoms with Crippen LogP contribution in [0.1, 0.15) is 19.5 Å². The van der Waals surface area contributed by atoms with Crippen molar-refractivity contribution in [1.82, 2.24) is 15.2 Å². The van der Waals surface area contributed by atoms with Gasteiger partial charge in [0.2, 0.25) is 11.8 Å². The molecule has 0 bridgehead atoms. The molecule has 9 nitrogen and oxygen atoms in total. The number of alkyl halides is 2. The third-order valence-corrected chi connectivity index (χ3v) is 8.47. The van der Waals surface area contributed by atoms with Gasteiger partial charge in [0, 0.05) is 28.5 Å². The Morgan fingerprint density at radius 3 is 2.83 bits per heavy atom. The van der Waals surface area contributed by atoms with E-state index in [0.29, 0.717) is 5.88 Å². The minimum atomic E-state index is -0.666. The molecule has 0 saturated carbocycles. The summed E-state index contributed by atoms with van der Waals surface area (Å²) in [5.41, 5.74) is -0.0569. The number of β-lactam (4-membered cyclic amide) rings is 1.